The SMILES string of the molecule is Cc1nc(C2CCCS2)nc(C)c1CNC1CC1. The molecule has 1 saturated heterocycles. The Hall–Kier alpha value is -0.610. The summed E-state index contributed by atoms with van der Waals surface area (Å²) >= 11 is 2.01. The van der Waals surface area contributed by atoms with Crippen LogP contribution < -0.4 is 5.32 Å². The van der Waals surface area contributed by atoms with E-state index in [1.165, 1.54) is 37.0 Å². The normalized spacial score (nSPS) is 23.6. The highest BCUT2D eigenvalue weighted by Gasteiger charge is 2.23. The highest BCUT2D eigenvalue weighted by atomic mass is 32.2. The van der Waals surface area contributed by atoms with Gasteiger partial charge in [-0.2, -0.15) is 11.8 Å². The standard InChI is InChI=1S/C14H21N3S/c1-9-12(8-15-11-5-6-11)10(2)17-14(16-9)13-4-3-7-18-13/h11,13,15H,3-8H2,1-2H3. The molecule has 18 heavy (non-hydrogen) atoms. The molecule has 0 amide bonds. The Labute approximate surface area is 113 Å². The fraction of sp³-hybridized carbons (Fsp3) is 0.714. The van der Waals surface area contributed by atoms with Crippen molar-refractivity contribution >= 4 is 11.8 Å². The molecule has 0 bridgehead atoms. The van der Waals surface area contributed by atoms with Gasteiger partial charge in [-0.05, 0) is 45.3 Å². The van der Waals surface area contributed by atoms with E-state index in [1.807, 2.05) is 11.8 Å². The first-order valence-electron chi connectivity index (χ1n) is 6.93. The first-order chi connectivity index (χ1) is 8.74. The van der Waals surface area contributed by atoms with Gasteiger partial charge in [-0.15, -0.1) is 0 Å². The molecule has 0 aromatic carbocycles. The molecule has 2 heterocycles. The Bertz CT molecular complexity index is 414. The third kappa shape index (κ3) is 2.69. The summed E-state index contributed by atoms with van der Waals surface area (Å²) in [6, 6.07) is 0.744. The molecule has 4 heteroatoms. The molecule has 1 aliphatic carbocycles. The van der Waals surface area contributed by atoms with Crippen molar-refractivity contribution in [1.82, 2.24) is 15.3 Å². The van der Waals surface area contributed by atoms with Crippen molar-refractivity contribution in [3.63, 3.8) is 0 Å². The fourth-order valence-electron chi connectivity index (χ4n) is 2.48. The highest BCUT2D eigenvalue weighted by molar-refractivity contribution is 7.99. The first kappa shape index (κ1) is 12.4. The van der Waals surface area contributed by atoms with E-state index in [9.17, 15) is 0 Å². The topological polar surface area (TPSA) is 37.8 Å². The summed E-state index contributed by atoms with van der Waals surface area (Å²) in [7, 11) is 0. The minimum Gasteiger partial charge on any atom is -0.310 e. The van der Waals surface area contributed by atoms with Gasteiger partial charge in [0.2, 0.25) is 0 Å². The van der Waals surface area contributed by atoms with E-state index >= 15 is 0 Å². The summed E-state index contributed by atoms with van der Waals surface area (Å²) < 4.78 is 0. The predicted molar refractivity (Wildman–Crippen MR) is 75.8 cm³/mol. The maximum absolute atomic E-state index is 4.74. The zero-order chi connectivity index (χ0) is 12.5. The third-order valence-corrected chi connectivity index (χ3v) is 5.17. The van der Waals surface area contributed by atoms with Crippen LogP contribution in [0.1, 0.15) is 53.7 Å². The van der Waals surface area contributed by atoms with Crippen LogP contribution in [0.25, 0.3) is 0 Å². The smallest absolute Gasteiger partial charge is 0.141 e. The van der Waals surface area contributed by atoms with Crippen LogP contribution in [0, 0.1) is 13.8 Å². The third-order valence-electron chi connectivity index (χ3n) is 3.80. The lowest BCUT2D eigenvalue weighted by molar-refractivity contribution is 0.668. The van der Waals surface area contributed by atoms with Crippen LogP contribution in [-0.4, -0.2) is 21.8 Å². The van der Waals surface area contributed by atoms with Gasteiger partial charge in [0.05, 0.1) is 5.25 Å². The molecule has 2 aliphatic rings. The van der Waals surface area contributed by atoms with Gasteiger partial charge in [0, 0.05) is 29.5 Å². The van der Waals surface area contributed by atoms with Gasteiger partial charge in [-0.3, -0.25) is 0 Å². The second kappa shape index (κ2) is 5.17. The number of nitrogens with one attached hydrogen (secondary N) is 1. The van der Waals surface area contributed by atoms with Crippen molar-refractivity contribution in [2.45, 2.75) is 57.4 Å². The molecule has 1 atom stereocenters. The minimum atomic E-state index is 0.535. The van der Waals surface area contributed by atoms with Gasteiger partial charge < -0.3 is 5.32 Å². The summed E-state index contributed by atoms with van der Waals surface area (Å²) in [6.07, 6.45) is 5.20. The zero-order valence-corrected chi connectivity index (χ0v) is 12.0. The Balaban J connectivity index is 1.77. The number of aromatic nitrogens is 2. The van der Waals surface area contributed by atoms with Crippen LogP contribution in [0.5, 0.6) is 0 Å². The first-order valence-corrected chi connectivity index (χ1v) is 7.98. The lowest BCUT2D eigenvalue weighted by atomic mass is 10.1. The van der Waals surface area contributed by atoms with Gasteiger partial charge in [0.15, 0.2) is 0 Å². The van der Waals surface area contributed by atoms with E-state index in [0.717, 1.165) is 29.8 Å². The van der Waals surface area contributed by atoms with Gasteiger partial charge in [-0.1, -0.05) is 0 Å². The second-order valence-electron chi connectivity index (χ2n) is 5.39. The summed E-state index contributed by atoms with van der Waals surface area (Å²) in [5.74, 6) is 2.32. The van der Waals surface area contributed by atoms with Crippen LogP contribution in [0.2, 0.25) is 0 Å². The molecule has 1 aromatic rings. The van der Waals surface area contributed by atoms with Crippen molar-refractivity contribution in [3.05, 3.63) is 22.8 Å². The largest absolute Gasteiger partial charge is 0.310 e. The Kier molecular flexibility index (Phi) is 3.57. The van der Waals surface area contributed by atoms with E-state index < -0.39 is 0 Å². The molecule has 98 valence electrons. The Morgan fingerprint density at radius 2 is 1.89 bits per heavy atom. The van der Waals surface area contributed by atoms with Crippen molar-refractivity contribution in [3.8, 4) is 0 Å². The van der Waals surface area contributed by atoms with E-state index in [-0.39, 0.29) is 0 Å². The predicted octanol–water partition coefficient (Wildman–Crippen LogP) is 2.91. The van der Waals surface area contributed by atoms with Gasteiger partial charge >= 0.3 is 0 Å². The lowest BCUT2D eigenvalue weighted by Gasteiger charge is -2.14. The Morgan fingerprint density at radius 1 is 1.17 bits per heavy atom. The number of hydrogen-bond acceptors (Lipinski definition) is 4. The number of nitrogens with zero attached hydrogens (tertiary/aromatic N) is 2. The van der Waals surface area contributed by atoms with Crippen LogP contribution in [0.15, 0.2) is 0 Å². The molecule has 2 fully saturated rings. The number of aryl methyl sites for hydroxylation is 2. The van der Waals surface area contributed by atoms with Crippen LogP contribution in [0.4, 0.5) is 0 Å². The van der Waals surface area contributed by atoms with Crippen LogP contribution in [0.3, 0.4) is 0 Å². The molecule has 1 saturated carbocycles. The number of hydrogen-bond donors (Lipinski definition) is 1. The molecule has 1 aromatic heterocycles. The molecule has 1 N–H and O–H groups in total. The number of thioether (sulfide) groups is 1. The van der Waals surface area contributed by atoms with Gasteiger partial charge in [-0.25, -0.2) is 9.97 Å². The molecule has 3 nitrogen and oxygen atoms in total. The average molecular weight is 263 g/mol. The van der Waals surface area contributed by atoms with E-state index in [4.69, 9.17) is 9.97 Å². The zero-order valence-electron chi connectivity index (χ0n) is 11.2. The quantitative estimate of drug-likeness (QED) is 0.906. The van der Waals surface area contributed by atoms with Crippen molar-refractivity contribution < 1.29 is 0 Å². The summed E-state index contributed by atoms with van der Waals surface area (Å²) in [6.45, 7) is 5.18. The molecule has 0 radical (unpaired) electrons. The summed E-state index contributed by atoms with van der Waals surface area (Å²) in [5, 5.41) is 4.09. The van der Waals surface area contributed by atoms with E-state index in [1.54, 1.807) is 0 Å². The molecule has 3 rings (SSSR count). The van der Waals surface area contributed by atoms with Gasteiger partial charge in [0.1, 0.15) is 5.82 Å². The van der Waals surface area contributed by atoms with Crippen molar-refractivity contribution in [2.75, 3.05) is 5.75 Å². The number of rotatable bonds is 4. The fourth-order valence-corrected chi connectivity index (χ4v) is 3.69. The summed E-state index contributed by atoms with van der Waals surface area (Å²) in [5.41, 5.74) is 3.63. The Morgan fingerprint density at radius 3 is 2.44 bits per heavy atom. The van der Waals surface area contributed by atoms with E-state index in [0.29, 0.717) is 5.25 Å². The maximum Gasteiger partial charge on any atom is 0.141 e. The van der Waals surface area contributed by atoms with Crippen molar-refractivity contribution in [2.24, 2.45) is 0 Å². The monoisotopic (exact) mass is 263 g/mol. The minimum absolute atomic E-state index is 0.535. The van der Waals surface area contributed by atoms with Crippen molar-refractivity contribution in [1.29, 1.82) is 0 Å². The molecule has 1 unspecified atom stereocenters. The maximum atomic E-state index is 4.74. The van der Waals surface area contributed by atoms with Crippen LogP contribution >= 0.6 is 11.8 Å². The van der Waals surface area contributed by atoms with E-state index in [2.05, 4.69) is 19.2 Å². The summed E-state index contributed by atoms with van der Waals surface area (Å²) in [4.78, 5) is 9.48. The van der Waals surface area contributed by atoms with Crippen LogP contribution in [-0.2, 0) is 6.54 Å². The molecule has 0 spiro atoms. The lowest BCUT2D eigenvalue weighted by Crippen LogP contribution is -2.18. The second-order valence-corrected chi connectivity index (χ2v) is 6.70. The highest BCUT2D eigenvalue weighted by Crippen LogP contribution is 2.38. The van der Waals surface area contributed by atoms with Gasteiger partial charge in [0.25, 0.3) is 0 Å². The molecular formula is C14H21N3S. The average Bonchev–Trinajstić information content (AvgIpc) is 3.00. The molecule has 1 aliphatic heterocycles. The molecular weight excluding hydrogens is 242 g/mol.